The summed E-state index contributed by atoms with van der Waals surface area (Å²) in [6.07, 6.45) is 4.64. The Morgan fingerprint density at radius 1 is 1.61 bits per heavy atom. The summed E-state index contributed by atoms with van der Waals surface area (Å²) in [6, 6.07) is 3.80. The maximum Gasteiger partial charge on any atom is 0.223 e. The van der Waals surface area contributed by atoms with E-state index in [1.54, 1.807) is 6.26 Å². The number of furan rings is 1. The first-order chi connectivity index (χ1) is 8.75. The Morgan fingerprint density at radius 2 is 2.50 bits per heavy atom. The van der Waals surface area contributed by atoms with Gasteiger partial charge in [-0.2, -0.15) is 0 Å². The van der Waals surface area contributed by atoms with Crippen molar-refractivity contribution < 1.29 is 9.21 Å². The number of nitrogens with one attached hydrogen (secondary N) is 1. The number of amides is 1. The molecule has 1 saturated heterocycles. The van der Waals surface area contributed by atoms with Gasteiger partial charge in [-0.1, -0.05) is 6.92 Å². The normalized spacial score (nSPS) is 20.1. The molecule has 0 aromatic carbocycles. The molecular weight excluding hydrogens is 228 g/mol. The van der Waals surface area contributed by atoms with Gasteiger partial charge >= 0.3 is 0 Å². The van der Waals surface area contributed by atoms with Gasteiger partial charge in [0.25, 0.3) is 0 Å². The van der Waals surface area contributed by atoms with E-state index < -0.39 is 0 Å². The van der Waals surface area contributed by atoms with Gasteiger partial charge in [0.05, 0.1) is 12.8 Å². The number of piperidine rings is 1. The molecule has 1 aromatic rings. The fourth-order valence-electron chi connectivity index (χ4n) is 2.39. The van der Waals surface area contributed by atoms with E-state index in [-0.39, 0.29) is 5.91 Å². The Labute approximate surface area is 108 Å². The molecule has 1 amide bonds. The lowest BCUT2D eigenvalue weighted by molar-refractivity contribution is -0.132. The molecule has 4 nitrogen and oxygen atoms in total. The van der Waals surface area contributed by atoms with Gasteiger partial charge in [-0.3, -0.25) is 4.79 Å². The predicted octanol–water partition coefficient (Wildman–Crippen LogP) is 2.02. The third-order valence-corrected chi connectivity index (χ3v) is 3.40. The Bertz CT molecular complexity index is 362. The Kier molecular flexibility index (Phi) is 4.81. The monoisotopic (exact) mass is 250 g/mol. The smallest absolute Gasteiger partial charge is 0.223 e. The van der Waals surface area contributed by atoms with Gasteiger partial charge in [0.1, 0.15) is 5.76 Å². The summed E-state index contributed by atoms with van der Waals surface area (Å²) in [5.74, 6) is 1.83. The Balaban J connectivity index is 1.62. The highest BCUT2D eigenvalue weighted by Crippen LogP contribution is 2.15. The Hall–Kier alpha value is -1.29. The zero-order valence-corrected chi connectivity index (χ0v) is 11.0. The molecule has 1 N–H and O–H groups in total. The van der Waals surface area contributed by atoms with Crippen LogP contribution in [0.5, 0.6) is 0 Å². The fourth-order valence-corrected chi connectivity index (χ4v) is 2.39. The topological polar surface area (TPSA) is 45.5 Å². The second-order valence-corrected chi connectivity index (χ2v) is 5.09. The number of hydrogen-bond acceptors (Lipinski definition) is 3. The number of hydrogen-bond donors (Lipinski definition) is 1. The van der Waals surface area contributed by atoms with E-state index >= 15 is 0 Å². The first kappa shape index (κ1) is 13.1. The van der Waals surface area contributed by atoms with E-state index in [4.69, 9.17) is 4.42 Å². The van der Waals surface area contributed by atoms with Crippen LogP contribution in [0.2, 0.25) is 0 Å². The standard InChI is InChI=1S/C14H22N2O2/c1-12-4-2-8-16(11-12)14(17)6-7-15-10-13-5-3-9-18-13/h3,5,9,12,15H,2,4,6-8,10-11H2,1H3. The number of nitrogens with zero attached hydrogens (tertiary/aromatic N) is 1. The average Bonchev–Trinajstić information content (AvgIpc) is 2.87. The number of carbonyl (C=O) groups excluding carboxylic acids is 1. The van der Waals surface area contributed by atoms with Crippen LogP contribution in [0.15, 0.2) is 22.8 Å². The predicted molar refractivity (Wildman–Crippen MR) is 70.0 cm³/mol. The molecule has 1 aliphatic rings. The van der Waals surface area contributed by atoms with Crippen molar-refractivity contribution in [3.8, 4) is 0 Å². The maximum absolute atomic E-state index is 12.0. The summed E-state index contributed by atoms with van der Waals surface area (Å²) in [7, 11) is 0. The summed E-state index contributed by atoms with van der Waals surface area (Å²) in [6.45, 7) is 5.48. The minimum atomic E-state index is 0.272. The van der Waals surface area contributed by atoms with Gasteiger partial charge in [0.15, 0.2) is 0 Å². The molecule has 1 unspecified atom stereocenters. The van der Waals surface area contributed by atoms with Gasteiger partial charge in [0, 0.05) is 26.1 Å². The van der Waals surface area contributed by atoms with Crippen LogP contribution in [0.25, 0.3) is 0 Å². The lowest BCUT2D eigenvalue weighted by Crippen LogP contribution is -2.40. The SMILES string of the molecule is CC1CCCN(C(=O)CCNCc2ccco2)C1. The molecule has 1 fully saturated rings. The van der Waals surface area contributed by atoms with Crippen molar-refractivity contribution in [3.63, 3.8) is 0 Å². The first-order valence-electron chi connectivity index (χ1n) is 6.76. The van der Waals surface area contributed by atoms with Crippen LogP contribution in [-0.2, 0) is 11.3 Å². The van der Waals surface area contributed by atoms with Crippen molar-refractivity contribution >= 4 is 5.91 Å². The van der Waals surface area contributed by atoms with E-state index in [9.17, 15) is 4.79 Å². The molecule has 0 aliphatic carbocycles. The lowest BCUT2D eigenvalue weighted by atomic mass is 10.00. The summed E-state index contributed by atoms with van der Waals surface area (Å²) < 4.78 is 5.21. The van der Waals surface area contributed by atoms with Crippen molar-refractivity contribution in [2.45, 2.75) is 32.7 Å². The zero-order chi connectivity index (χ0) is 12.8. The molecule has 0 spiro atoms. The highest BCUT2D eigenvalue weighted by molar-refractivity contribution is 5.76. The van der Waals surface area contributed by atoms with Gasteiger partial charge in [-0.05, 0) is 30.9 Å². The van der Waals surface area contributed by atoms with Crippen LogP contribution in [0.1, 0.15) is 31.9 Å². The van der Waals surface area contributed by atoms with Crippen LogP contribution < -0.4 is 5.32 Å². The summed E-state index contributed by atoms with van der Waals surface area (Å²) in [5.41, 5.74) is 0. The molecule has 1 atom stereocenters. The van der Waals surface area contributed by atoms with E-state index in [2.05, 4.69) is 12.2 Å². The second-order valence-electron chi connectivity index (χ2n) is 5.09. The van der Waals surface area contributed by atoms with Crippen LogP contribution in [-0.4, -0.2) is 30.4 Å². The average molecular weight is 250 g/mol. The van der Waals surface area contributed by atoms with Crippen LogP contribution in [0.3, 0.4) is 0 Å². The van der Waals surface area contributed by atoms with Gasteiger partial charge < -0.3 is 14.6 Å². The largest absolute Gasteiger partial charge is 0.468 e. The van der Waals surface area contributed by atoms with Gasteiger partial charge in [0.2, 0.25) is 5.91 Å². The van der Waals surface area contributed by atoms with E-state index in [1.165, 1.54) is 6.42 Å². The van der Waals surface area contributed by atoms with E-state index in [1.807, 2.05) is 17.0 Å². The molecule has 100 valence electrons. The first-order valence-corrected chi connectivity index (χ1v) is 6.76. The summed E-state index contributed by atoms with van der Waals surface area (Å²) >= 11 is 0. The van der Waals surface area contributed by atoms with Crippen molar-refractivity contribution in [2.24, 2.45) is 5.92 Å². The van der Waals surface area contributed by atoms with Gasteiger partial charge in [-0.25, -0.2) is 0 Å². The lowest BCUT2D eigenvalue weighted by Gasteiger charge is -2.31. The molecule has 0 bridgehead atoms. The second kappa shape index (κ2) is 6.59. The highest BCUT2D eigenvalue weighted by Gasteiger charge is 2.20. The molecule has 4 heteroatoms. The summed E-state index contributed by atoms with van der Waals surface area (Å²) in [4.78, 5) is 14.0. The number of rotatable bonds is 5. The number of likely N-dealkylation sites (tertiary alicyclic amines) is 1. The molecule has 1 aromatic heterocycles. The molecule has 0 radical (unpaired) electrons. The minimum absolute atomic E-state index is 0.272. The quantitative estimate of drug-likeness (QED) is 0.813. The van der Waals surface area contributed by atoms with E-state index in [0.29, 0.717) is 25.4 Å². The van der Waals surface area contributed by atoms with Crippen molar-refractivity contribution in [1.82, 2.24) is 10.2 Å². The molecule has 0 saturated carbocycles. The molecule has 1 aliphatic heterocycles. The molecule has 18 heavy (non-hydrogen) atoms. The van der Waals surface area contributed by atoms with Crippen LogP contribution >= 0.6 is 0 Å². The number of carbonyl (C=O) groups is 1. The maximum atomic E-state index is 12.0. The molecular formula is C14H22N2O2. The van der Waals surface area contributed by atoms with Crippen LogP contribution in [0, 0.1) is 5.92 Å². The fraction of sp³-hybridized carbons (Fsp3) is 0.643. The Morgan fingerprint density at radius 3 is 3.22 bits per heavy atom. The van der Waals surface area contributed by atoms with Gasteiger partial charge in [-0.15, -0.1) is 0 Å². The highest BCUT2D eigenvalue weighted by atomic mass is 16.3. The van der Waals surface area contributed by atoms with E-state index in [0.717, 1.165) is 25.3 Å². The van der Waals surface area contributed by atoms with Crippen molar-refractivity contribution in [3.05, 3.63) is 24.2 Å². The third-order valence-electron chi connectivity index (χ3n) is 3.40. The molecule has 2 heterocycles. The van der Waals surface area contributed by atoms with Crippen molar-refractivity contribution in [2.75, 3.05) is 19.6 Å². The molecule has 2 rings (SSSR count). The summed E-state index contributed by atoms with van der Waals surface area (Å²) in [5, 5.41) is 3.23. The minimum Gasteiger partial charge on any atom is -0.468 e. The van der Waals surface area contributed by atoms with Crippen molar-refractivity contribution in [1.29, 1.82) is 0 Å². The van der Waals surface area contributed by atoms with Crippen LogP contribution in [0.4, 0.5) is 0 Å². The third kappa shape index (κ3) is 3.88. The zero-order valence-electron chi connectivity index (χ0n) is 11.0.